The predicted octanol–water partition coefficient (Wildman–Crippen LogP) is 2.14. The Kier molecular flexibility index (Phi) is 5.23. The molecule has 1 unspecified atom stereocenters. The third-order valence-electron chi connectivity index (χ3n) is 3.93. The van der Waals surface area contributed by atoms with Crippen molar-refractivity contribution in [2.75, 3.05) is 33.2 Å². The van der Waals surface area contributed by atoms with Crippen LogP contribution in [0.3, 0.4) is 0 Å². The molecule has 1 aromatic heterocycles. The fraction of sp³-hybridized carbons (Fsp3) is 0.643. The molecule has 1 amide bonds. The fourth-order valence-electron chi connectivity index (χ4n) is 2.50. The van der Waals surface area contributed by atoms with Gasteiger partial charge in [0.1, 0.15) is 0 Å². The van der Waals surface area contributed by atoms with Crippen molar-refractivity contribution in [1.29, 1.82) is 0 Å². The highest BCUT2D eigenvalue weighted by Gasteiger charge is 2.33. The molecule has 1 atom stereocenters. The van der Waals surface area contributed by atoms with E-state index in [2.05, 4.69) is 33.8 Å². The summed E-state index contributed by atoms with van der Waals surface area (Å²) in [7, 11) is 1.87. The topological polar surface area (TPSA) is 49.6 Å². The first-order valence-corrected chi connectivity index (χ1v) is 8.48. The quantitative estimate of drug-likeness (QED) is 0.875. The van der Waals surface area contributed by atoms with E-state index in [1.165, 1.54) is 4.88 Å². The van der Waals surface area contributed by atoms with Crippen molar-refractivity contribution < 1.29 is 4.79 Å². The molecule has 1 fully saturated rings. The van der Waals surface area contributed by atoms with Crippen molar-refractivity contribution in [3.05, 3.63) is 20.8 Å². The summed E-state index contributed by atoms with van der Waals surface area (Å²) in [6, 6.07) is 2.07. The molecule has 20 heavy (non-hydrogen) atoms. The van der Waals surface area contributed by atoms with Gasteiger partial charge in [-0.05, 0) is 46.9 Å². The smallest absolute Gasteiger partial charge is 0.236 e. The average molecular weight is 360 g/mol. The van der Waals surface area contributed by atoms with Crippen LogP contribution in [0, 0.1) is 5.41 Å². The van der Waals surface area contributed by atoms with E-state index in [1.54, 1.807) is 16.2 Å². The van der Waals surface area contributed by atoms with Gasteiger partial charge in [-0.15, -0.1) is 11.3 Å². The van der Waals surface area contributed by atoms with Gasteiger partial charge in [0.15, 0.2) is 0 Å². The molecule has 2 rings (SSSR count). The van der Waals surface area contributed by atoms with E-state index in [0.29, 0.717) is 19.6 Å². The molecule has 1 aliphatic rings. The lowest BCUT2D eigenvalue weighted by Gasteiger charge is -2.24. The minimum Gasteiger partial charge on any atom is -0.340 e. The van der Waals surface area contributed by atoms with Gasteiger partial charge in [-0.3, -0.25) is 9.69 Å². The summed E-state index contributed by atoms with van der Waals surface area (Å²) in [6.07, 6.45) is 1.08. The van der Waals surface area contributed by atoms with Crippen LogP contribution in [0.1, 0.15) is 18.2 Å². The van der Waals surface area contributed by atoms with Gasteiger partial charge in [0.25, 0.3) is 0 Å². The highest BCUT2D eigenvalue weighted by Crippen LogP contribution is 2.28. The van der Waals surface area contributed by atoms with Crippen LogP contribution in [-0.2, 0) is 11.3 Å². The molecule has 0 radical (unpaired) electrons. The van der Waals surface area contributed by atoms with Gasteiger partial charge >= 0.3 is 0 Å². The second-order valence-corrected chi connectivity index (χ2v) is 7.87. The Balaban J connectivity index is 1.83. The minimum absolute atomic E-state index is 0.177. The van der Waals surface area contributed by atoms with Gasteiger partial charge in [-0.1, -0.05) is 6.92 Å². The third-order valence-corrected chi connectivity index (χ3v) is 5.61. The van der Waals surface area contributed by atoms with Crippen molar-refractivity contribution in [2.24, 2.45) is 11.1 Å². The summed E-state index contributed by atoms with van der Waals surface area (Å²) in [6.45, 7) is 5.96. The normalized spacial score (nSPS) is 23.2. The number of amides is 1. The van der Waals surface area contributed by atoms with Crippen LogP contribution >= 0.6 is 27.3 Å². The van der Waals surface area contributed by atoms with Gasteiger partial charge in [0.05, 0.1) is 13.1 Å². The molecule has 0 aliphatic carbocycles. The Bertz CT molecular complexity index is 479. The van der Waals surface area contributed by atoms with E-state index in [-0.39, 0.29) is 11.3 Å². The lowest BCUT2D eigenvalue weighted by atomic mass is 9.90. The summed E-state index contributed by atoms with van der Waals surface area (Å²) in [5.41, 5.74) is 5.98. The van der Waals surface area contributed by atoms with Crippen molar-refractivity contribution >= 4 is 33.2 Å². The Morgan fingerprint density at radius 1 is 1.65 bits per heavy atom. The molecule has 1 saturated heterocycles. The molecule has 4 nitrogen and oxygen atoms in total. The van der Waals surface area contributed by atoms with Crippen LogP contribution in [0.4, 0.5) is 0 Å². The van der Waals surface area contributed by atoms with Crippen molar-refractivity contribution in [2.45, 2.75) is 19.9 Å². The SMILES string of the molecule is CN(Cc1cc(Br)cs1)C(=O)CN1CCC(C)(CN)C1. The first kappa shape index (κ1) is 15.9. The second-order valence-electron chi connectivity index (χ2n) is 5.96. The number of halogens is 1. The van der Waals surface area contributed by atoms with Crippen LogP contribution in [-0.4, -0.2) is 48.9 Å². The number of nitrogens with zero attached hydrogens (tertiary/aromatic N) is 2. The maximum atomic E-state index is 12.3. The van der Waals surface area contributed by atoms with Gasteiger partial charge < -0.3 is 10.6 Å². The van der Waals surface area contributed by atoms with Crippen molar-refractivity contribution in [3.8, 4) is 0 Å². The highest BCUT2D eigenvalue weighted by atomic mass is 79.9. The van der Waals surface area contributed by atoms with E-state index in [9.17, 15) is 4.79 Å². The summed E-state index contributed by atoms with van der Waals surface area (Å²) in [4.78, 5) is 17.5. The Morgan fingerprint density at radius 3 is 2.95 bits per heavy atom. The molecule has 1 aromatic rings. The first-order valence-electron chi connectivity index (χ1n) is 6.81. The molecule has 112 valence electrons. The van der Waals surface area contributed by atoms with Crippen molar-refractivity contribution in [1.82, 2.24) is 9.80 Å². The fourth-order valence-corrected chi connectivity index (χ4v) is 4.00. The molecular formula is C14H22BrN3OS. The molecular weight excluding hydrogens is 338 g/mol. The standard InChI is InChI=1S/C14H22BrN3OS/c1-14(9-16)3-4-18(10-14)7-13(19)17(2)6-12-5-11(15)8-20-12/h5,8H,3-4,6-7,9-10,16H2,1-2H3. The number of rotatable bonds is 5. The zero-order chi connectivity index (χ0) is 14.8. The first-order chi connectivity index (χ1) is 9.42. The number of nitrogens with two attached hydrogens (primary N) is 1. The van der Waals surface area contributed by atoms with E-state index in [1.807, 2.05) is 12.4 Å². The molecule has 0 saturated carbocycles. The van der Waals surface area contributed by atoms with Crippen LogP contribution in [0.15, 0.2) is 15.9 Å². The minimum atomic E-state index is 0.177. The lowest BCUT2D eigenvalue weighted by Crippen LogP contribution is -2.38. The number of carbonyl (C=O) groups is 1. The van der Waals surface area contributed by atoms with Crippen LogP contribution < -0.4 is 5.73 Å². The van der Waals surface area contributed by atoms with Gasteiger partial charge in [-0.2, -0.15) is 0 Å². The van der Waals surface area contributed by atoms with Gasteiger partial charge in [-0.25, -0.2) is 0 Å². The summed E-state index contributed by atoms with van der Waals surface area (Å²) < 4.78 is 1.08. The second kappa shape index (κ2) is 6.56. The average Bonchev–Trinajstić information content (AvgIpc) is 2.97. The third kappa shape index (κ3) is 4.04. The summed E-state index contributed by atoms with van der Waals surface area (Å²) >= 11 is 5.11. The summed E-state index contributed by atoms with van der Waals surface area (Å²) in [5, 5.41) is 2.04. The molecule has 0 bridgehead atoms. The van der Waals surface area contributed by atoms with E-state index < -0.39 is 0 Å². The van der Waals surface area contributed by atoms with E-state index in [4.69, 9.17) is 5.73 Å². The largest absolute Gasteiger partial charge is 0.340 e. The molecule has 0 spiro atoms. The molecule has 6 heteroatoms. The number of carbonyl (C=O) groups excluding carboxylic acids is 1. The maximum absolute atomic E-state index is 12.3. The molecule has 0 aromatic carbocycles. The highest BCUT2D eigenvalue weighted by molar-refractivity contribution is 9.10. The number of likely N-dealkylation sites (tertiary alicyclic amines) is 1. The number of likely N-dealkylation sites (N-methyl/N-ethyl adjacent to an activating group) is 1. The number of hydrogen-bond donors (Lipinski definition) is 1. The molecule has 1 aliphatic heterocycles. The lowest BCUT2D eigenvalue weighted by molar-refractivity contribution is -0.131. The van der Waals surface area contributed by atoms with Crippen LogP contribution in [0.5, 0.6) is 0 Å². The van der Waals surface area contributed by atoms with Crippen LogP contribution in [0.25, 0.3) is 0 Å². The Hall–Kier alpha value is -0.430. The molecule has 2 heterocycles. The summed E-state index contributed by atoms with van der Waals surface area (Å²) in [5.74, 6) is 0.177. The monoisotopic (exact) mass is 359 g/mol. The van der Waals surface area contributed by atoms with Crippen LogP contribution in [0.2, 0.25) is 0 Å². The Morgan fingerprint density at radius 2 is 2.40 bits per heavy atom. The van der Waals surface area contributed by atoms with Crippen molar-refractivity contribution in [3.63, 3.8) is 0 Å². The maximum Gasteiger partial charge on any atom is 0.236 e. The zero-order valence-electron chi connectivity index (χ0n) is 12.1. The van der Waals surface area contributed by atoms with E-state index >= 15 is 0 Å². The number of hydrogen-bond acceptors (Lipinski definition) is 4. The van der Waals surface area contributed by atoms with E-state index in [0.717, 1.165) is 24.0 Å². The van der Waals surface area contributed by atoms with Gasteiger partial charge in [0.2, 0.25) is 5.91 Å². The predicted molar refractivity (Wildman–Crippen MR) is 86.7 cm³/mol. The Labute approximate surface area is 133 Å². The number of thiophene rings is 1. The zero-order valence-corrected chi connectivity index (χ0v) is 14.5. The molecule has 2 N–H and O–H groups in total. The van der Waals surface area contributed by atoms with Gasteiger partial charge in [0, 0.05) is 28.3 Å².